The van der Waals surface area contributed by atoms with Gasteiger partial charge in [-0.2, -0.15) is 0 Å². The maximum absolute atomic E-state index is 12.0. The molecule has 0 bridgehead atoms. The Morgan fingerprint density at radius 3 is 2.77 bits per heavy atom. The predicted octanol–water partition coefficient (Wildman–Crippen LogP) is 3.69. The van der Waals surface area contributed by atoms with Crippen molar-refractivity contribution in [2.24, 2.45) is 0 Å². The summed E-state index contributed by atoms with van der Waals surface area (Å²) in [5, 5.41) is 4.93. The first-order valence-electron chi connectivity index (χ1n) is 7.17. The van der Waals surface area contributed by atoms with E-state index in [9.17, 15) is 4.79 Å². The van der Waals surface area contributed by atoms with Gasteiger partial charge in [0.1, 0.15) is 11.5 Å². The summed E-state index contributed by atoms with van der Waals surface area (Å²) in [6.45, 7) is 1.84. The highest BCUT2D eigenvalue weighted by Crippen LogP contribution is 2.25. The molecule has 0 aliphatic heterocycles. The second-order valence-electron chi connectivity index (χ2n) is 5.07. The summed E-state index contributed by atoms with van der Waals surface area (Å²) in [4.78, 5) is 12.0. The molecule has 0 saturated carbocycles. The summed E-state index contributed by atoms with van der Waals surface area (Å²) in [6.07, 6.45) is 1.59. The van der Waals surface area contributed by atoms with Crippen molar-refractivity contribution in [1.29, 1.82) is 0 Å². The quantitative estimate of drug-likeness (QED) is 0.781. The summed E-state index contributed by atoms with van der Waals surface area (Å²) in [6, 6.07) is 17.2. The van der Waals surface area contributed by atoms with Crippen LogP contribution in [0.1, 0.15) is 18.7 Å². The zero-order valence-corrected chi connectivity index (χ0v) is 12.3. The summed E-state index contributed by atoms with van der Waals surface area (Å²) in [5.74, 6) is 1.24. The zero-order valence-electron chi connectivity index (χ0n) is 12.3. The molecule has 4 nitrogen and oxygen atoms in total. The topological polar surface area (TPSA) is 51.5 Å². The van der Waals surface area contributed by atoms with E-state index in [2.05, 4.69) is 5.32 Å². The van der Waals surface area contributed by atoms with E-state index in [1.807, 2.05) is 55.5 Å². The average molecular weight is 295 g/mol. The van der Waals surface area contributed by atoms with Crippen LogP contribution in [0.15, 0.2) is 65.3 Å². The third-order valence-corrected chi connectivity index (χ3v) is 3.46. The van der Waals surface area contributed by atoms with Crippen molar-refractivity contribution in [2.75, 3.05) is 6.61 Å². The number of carbonyl (C=O) groups is 1. The predicted molar refractivity (Wildman–Crippen MR) is 84.7 cm³/mol. The molecular weight excluding hydrogens is 278 g/mol. The van der Waals surface area contributed by atoms with Crippen molar-refractivity contribution in [3.8, 4) is 5.75 Å². The number of rotatable bonds is 5. The van der Waals surface area contributed by atoms with Gasteiger partial charge in [0.2, 0.25) is 0 Å². The molecule has 1 atom stereocenters. The Balaban J connectivity index is 1.63. The van der Waals surface area contributed by atoms with E-state index in [1.165, 1.54) is 0 Å². The molecule has 0 aliphatic carbocycles. The van der Waals surface area contributed by atoms with Gasteiger partial charge in [0.25, 0.3) is 5.91 Å². The Morgan fingerprint density at radius 2 is 1.95 bits per heavy atom. The first-order chi connectivity index (χ1) is 10.7. The number of ether oxygens (including phenoxy) is 1. The minimum atomic E-state index is -0.183. The number of nitrogens with one attached hydrogen (secondary N) is 1. The van der Waals surface area contributed by atoms with Gasteiger partial charge in [0.15, 0.2) is 6.61 Å². The summed E-state index contributed by atoms with van der Waals surface area (Å²) < 4.78 is 10.9. The van der Waals surface area contributed by atoms with Gasteiger partial charge in [-0.3, -0.25) is 4.79 Å². The Labute approximate surface area is 128 Å². The first kappa shape index (κ1) is 14.2. The van der Waals surface area contributed by atoms with Crippen LogP contribution in [0, 0.1) is 0 Å². The Morgan fingerprint density at radius 1 is 1.14 bits per heavy atom. The van der Waals surface area contributed by atoms with Gasteiger partial charge in [-0.1, -0.05) is 36.4 Å². The monoisotopic (exact) mass is 295 g/mol. The standard InChI is InChI=1S/C18H17NO3/c1-13(16-10-5-11-21-16)19-18(20)12-22-17-9-4-7-14-6-2-3-8-15(14)17/h2-11,13H,12H2,1H3,(H,19,20). The van der Waals surface area contributed by atoms with Crippen LogP contribution in [0.5, 0.6) is 5.75 Å². The number of hydrogen-bond acceptors (Lipinski definition) is 3. The highest BCUT2D eigenvalue weighted by Gasteiger charge is 2.12. The molecule has 1 unspecified atom stereocenters. The van der Waals surface area contributed by atoms with Gasteiger partial charge in [-0.25, -0.2) is 0 Å². The normalized spacial score (nSPS) is 12.0. The van der Waals surface area contributed by atoms with Gasteiger partial charge in [0.05, 0.1) is 12.3 Å². The van der Waals surface area contributed by atoms with Gasteiger partial charge in [-0.15, -0.1) is 0 Å². The molecule has 4 heteroatoms. The largest absolute Gasteiger partial charge is 0.483 e. The molecule has 1 heterocycles. The van der Waals surface area contributed by atoms with Crippen molar-refractivity contribution < 1.29 is 13.9 Å². The lowest BCUT2D eigenvalue weighted by Gasteiger charge is -2.13. The van der Waals surface area contributed by atoms with Crippen molar-refractivity contribution in [2.45, 2.75) is 13.0 Å². The number of furan rings is 1. The molecule has 2 aromatic carbocycles. The van der Waals surface area contributed by atoms with Crippen molar-refractivity contribution in [1.82, 2.24) is 5.32 Å². The van der Waals surface area contributed by atoms with Crippen molar-refractivity contribution in [3.05, 3.63) is 66.6 Å². The molecular formula is C18H17NO3. The van der Waals surface area contributed by atoms with E-state index in [0.717, 1.165) is 16.5 Å². The van der Waals surface area contributed by atoms with Crippen molar-refractivity contribution >= 4 is 16.7 Å². The second kappa shape index (κ2) is 6.35. The number of fused-ring (bicyclic) bond motifs is 1. The molecule has 1 aromatic heterocycles. The van der Waals surface area contributed by atoms with E-state index in [4.69, 9.17) is 9.15 Å². The number of hydrogen-bond donors (Lipinski definition) is 1. The SMILES string of the molecule is CC(NC(=O)COc1cccc2ccccc12)c1ccco1. The third kappa shape index (κ3) is 3.11. The molecule has 0 spiro atoms. The fraction of sp³-hybridized carbons (Fsp3) is 0.167. The lowest BCUT2D eigenvalue weighted by atomic mass is 10.1. The van der Waals surface area contributed by atoms with Gasteiger partial charge in [0, 0.05) is 5.39 Å². The molecule has 0 aliphatic rings. The molecule has 22 heavy (non-hydrogen) atoms. The highest BCUT2D eigenvalue weighted by atomic mass is 16.5. The minimum absolute atomic E-state index is 0.0287. The maximum atomic E-state index is 12.0. The fourth-order valence-electron chi connectivity index (χ4n) is 2.36. The maximum Gasteiger partial charge on any atom is 0.258 e. The van der Waals surface area contributed by atoms with Crippen LogP contribution >= 0.6 is 0 Å². The minimum Gasteiger partial charge on any atom is -0.483 e. The molecule has 3 rings (SSSR count). The molecule has 3 aromatic rings. The van der Waals surface area contributed by atoms with E-state index in [0.29, 0.717) is 5.75 Å². The molecule has 1 N–H and O–H groups in total. The van der Waals surface area contributed by atoms with Crippen LogP contribution in [-0.4, -0.2) is 12.5 Å². The summed E-state index contributed by atoms with van der Waals surface area (Å²) in [5.41, 5.74) is 0. The fourth-order valence-corrected chi connectivity index (χ4v) is 2.36. The smallest absolute Gasteiger partial charge is 0.258 e. The number of amides is 1. The third-order valence-electron chi connectivity index (χ3n) is 3.46. The number of benzene rings is 2. The van der Waals surface area contributed by atoms with Crippen molar-refractivity contribution in [3.63, 3.8) is 0 Å². The number of carbonyl (C=O) groups excluding carboxylic acids is 1. The van der Waals surface area contributed by atoms with E-state index >= 15 is 0 Å². The molecule has 0 fully saturated rings. The molecule has 0 saturated heterocycles. The Kier molecular flexibility index (Phi) is 4.10. The highest BCUT2D eigenvalue weighted by molar-refractivity contribution is 5.88. The van der Waals surface area contributed by atoms with Crippen LogP contribution in [0.25, 0.3) is 10.8 Å². The summed E-state index contributed by atoms with van der Waals surface area (Å²) >= 11 is 0. The van der Waals surface area contributed by atoms with Crippen LogP contribution in [0.4, 0.5) is 0 Å². The molecule has 1 amide bonds. The van der Waals surface area contributed by atoms with Crippen LogP contribution in [-0.2, 0) is 4.79 Å². The van der Waals surface area contributed by atoms with E-state index in [-0.39, 0.29) is 18.6 Å². The lowest BCUT2D eigenvalue weighted by molar-refractivity contribution is -0.123. The second-order valence-corrected chi connectivity index (χ2v) is 5.07. The average Bonchev–Trinajstić information content (AvgIpc) is 3.07. The zero-order chi connectivity index (χ0) is 15.4. The Bertz CT molecular complexity index is 760. The summed E-state index contributed by atoms with van der Waals surface area (Å²) in [7, 11) is 0. The first-order valence-corrected chi connectivity index (χ1v) is 7.17. The van der Waals surface area contributed by atoms with E-state index in [1.54, 1.807) is 12.3 Å². The lowest BCUT2D eigenvalue weighted by Crippen LogP contribution is -2.31. The van der Waals surface area contributed by atoms with Gasteiger partial charge >= 0.3 is 0 Å². The van der Waals surface area contributed by atoms with Crippen LogP contribution < -0.4 is 10.1 Å². The van der Waals surface area contributed by atoms with Crippen LogP contribution in [0.3, 0.4) is 0 Å². The molecule has 0 radical (unpaired) electrons. The van der Waals surface area contributed by atoms with Gasteiger partial charge in [-0.05, 0) is 30.5 Å². The van der Waals surface area contributed by atoms with E-state index < -0.39 is 0 Å². The Hall–Kier alpha value is -2.75. The molecule has 112 valence electrons. The van der Waals surface area contributed by atoms with Crippen LogP contribution in [0.2, 0.25) is 0 Å². The van der Waals surface area contributed by atoms with Gasteiger partial charge < -0.3 is 14.5 Å².